The second-order valence-corrected chi connectivity index (χ2v) is 8.35. The van der Waals surface area contributed by atoms with E-state index in [1.165, 1.54) is 25.3 Å². The lowest BCUT2D eigenvalue weighted by molar-refractivity contribution is -0.275. The number of pyridine rings is 1. The Morgan fingerprint density at radius 2 is 1.97 bits per heavy atom. The van der Waals surface area contributed by atoms with Gasteiger partial charge in [0, 0.05) is 23.6 Å². The normalized spacial score (nSPS) is 26.2. The van der Waals surface area contributed by atoms with Crippen molar-refractivity contribution in [1.29, 1.82) is 0 Å². The van der Waals surface area contributed by atoms with E-state index in [2.05, 4.69) is 15.0 Å². The van der Waals surface area contributed by atoms with Crippen LogP contribution in [-0.2, 0) is 4.74 Å². The molecule has 3 aromatic rings. The fourth-order valence-corrected chi connectivity index (χ4v) is 4.49. The molecule has 0 amide bonds. The van der Waals surface area contributed by atoms with Gasteiger partial charge in [-0.15, -0.1) is 0 Å². The maximum atomic E-state index is 14.5. The van der Waals surface area contributed by atoms with E-state index in [4.69, 9.17) is 9.47 Å². The monoisotopic (exact) mass is 487 g/mol. The first-order chi connectivity index (χ1) is 15.9. The Bertz CT molecular complexity index is 1220. The number of fused-ring (bicyclic) bond motifs is 1. The van der Waals surface area contributed by atoms with Crippen molar-refractivity contribution in [3.05, 3.63) is 53.1 Å². The van der Waals surface area contributed by atoms with Crippen LogP contribution in [0.5, 0.6) is 5.75 Å². The zero-order valence-corrected chi connectivity index (χ0v) is 18.3. The quantitative estimate of drug-likeness (QED) is 0.469. The van der Waals surface area contributed by atoms with Crippen molar-refractivity contribution in [3.8, 4) is 5.75 Å². The zero-order chi connectivity index (χ0) is 25.0. The molecule has 3 N–H and O–H groups in total. The molecule has 1 aliphatic heterocycles. The van der Waals surface area contributed by atoms with Crippen molar-refractivity contribution in [2.45, 2.75) is 43.8 Å². The largest absolute Gasteiger partial charge is 0.493 e. The number of ether oxygens (including phenoxy) is 2. The van der Waals surface area contributed by atoms with Crippen LogP contribution in [0.15, 0.2) is 24.4 Å². The summed E-state index contributed by atoms with van der Waals surface area (Å²) in [4.78, 5) is 11.2. The summed E-state index contributed by atoms with van der Waals surface area (Å²) in [6, 6.07) is 3.48. The molecule has 1 saturated heterocycles. The molecule has 3 heterocycles. The van der Waals surface area contributed by atoms with Crippen LogP contribution in [0.4, 0.5) is 22.0 Å². The molecule has 0 saturated carbocycles. The van der Waals surface area contributed by atoms with Crippen LogP contribution >= 0.6 is 0 Å². The van der Waals surface area contributed by atoms with E-state index in [1.54, 1.807) is 0 Å². The van der Waals surface area contributed by atoms with E-state index in [1.807, 2.05) is 0 Å². The van der Waals surface area contributed by atoms with Gasteiger partial charge < -0.3 is 24.7 Å². The van der Waals surface area contributed by atoms with Gasteiger partial charge in [0.25, 0.3) is 0 Å². The maximum Gasteiger partial charge on any atom is 0.417 e. The molecular weight excluding hydrogens is 465 g/mol. The molecule has 184 valence electrons. The lowest BCUT2D eigenvalue weighted by Crippen LogP contribution is -2.46. The molecule has 5 atom stereocenters. The molecule has 0 aliphatic carbocycles. The predicted molar refractivity (Wildman–Crippen MR) is 109 cm³/mol. The molecule has 0 bridgehead atoms. The lowest BCUT2D eigenvalue weighted by Gasteiger charge is -2.32. The van der Waals surface area contributed by atoms with Crippen LogP contribution < -0.4 is 4.74 Å². The smallest absolute Gasteiger partial charge is 0.417 e. The summed E-state index contributed by atoms with van der Waals surface area (Å²) in [5.41, 5.74) is -2.18. The van der Waals surface area contributed by atoms with Crippen molar-refractivity contribution in [2.75, 3.05) is 13.7 Å². The van der Waals surface area contributed by atoms with E-state index in [-0.39, 0.29) is 22.6 Å². The Morgan fingerprint density at radius 3 is 2.59 bits per heavy atom. The number of nitrogens with one attached hydrogen (secondary N) is 1. The van der Waals surface area contributed by atoms with Crippen molar-refractivity contribution >= 4 is 11.0 Å². The molecule has 0 spiro atoms. The first-order valence-electron chi connectivity index (χ1n) is 10.3. The number of H-pyrrole nitrogens is 1. The van der Waals surface area contributed by atoms with E-state index < -0.39 is 59.8 Å². The number of aromatic amines is 1. The third kappa shape index (κ3) is 3.60. The summed E-state index contributed by atoms with van der Waals surface area (Å²) >= 11 is 0. The first-order valence-corrected chi connectivity index (χ1v) is 10.3. The second-order valence-electron chi connectivity index (χ2n) is 8.35. The first kappa shape index (κ1) is 24.3. The molecule has 1 aromatic carbocycles. The third-order valence-corrected chi connectivity index (χ3v) is 6.52. The number of hydrogen-bond donors (Lipinski definition) is 3. The molecule has 0 radical (unpaired) electrons. The summed E-state index contributed by atoms with van der Waals surface area (Å²) in [6.45, 7) is 1.55. The van der Waals surface area contributed by atoms with Crippen LogP contribution in [0.2, 0.25) is 0 Å². The number of nitrogens with zero attached hydrogens (tertiary/aromatic N) is 2. The van der Waals surface area contributed by atoms with Crippen molar-refractivity contribution in [3.63, 3.8) is 0 Å². The third-order valence-electron chi connectivity index (χ3n) is 6.52. The molecule has 1 aliphatic rings. The molecule has 4 rings (SSSR count). The van der Waals surface area contributed by atoms with Crippen molar-refractivity contribution in [1.82, 2.24) is 15.0 Å². The van der Waals surface area contributed by atoms with Gasteiger partial charge in [-0.2, -0.15) is 17.6 Å². The Balaban J connectivity index is 1.92. The van der Waals surface area contributed by atoms with Gasteiger partial charge in [-0.25, -0.2) is 9.37 Å². The topological polar surface area (TPSA) is 100 Å². The minimum absolute atomic E-state index is 0.0129. The van der Waals surface area contributed by atoms with Crippen LogP contribution in [0.3, 0.4) is 0 Å². The number of benzene rings is 1. The van der Waals surface area contributed by atoms with Crippen LogP contribution in [0.1, 0.15) is 49.1 Å². The van der Waals surface area contributed by atoms with Gasteiger partial charge in [0.05, 0.1) is 24.9 Å². The van der Waals surface area contributed by atoms with E-state index >= 15 is 0 Å². The van der Waals surface area contributed by atoms with Gasteiger partial charge in [0.15, 0.2) is 17.2 Å². The standard InChI is InChI=1S/C22H22F5N3O4/c1-9-14(10-4-5-11(23)15(24)18(10)33-3)19(34-21(9,2)22(25,26)27)20-29-12-6-7-28-17(13(32)8-31)16(12)30-20/h4-7,9,13-14,19,31-32H,8H2,1-3H3,(H,29,30)/t9-,13-,14-,19+,21+/m0/s1. The van der Waals surface area contributed by atoms with E-state index in [0.717, 1.165) is 20.1 Å². The minimum atomic E-state index is -4.79. The SMILES string of the molecule is COc1c([C@H]2[C@H](c3nc4c([C@@H](O)CO)nccc4[nH]3)O[C@@](C)(C(F)(F)F)[C@H]2C)ccc(F)c1F. The van der Waals surface area contributed by atoms with Crippen LogP contribution in [0.25, 0.3) is 11.0 Å². The average molecular weight is 487 g/mol. The molecule has 0 unspecified atom stereocenters. The number of alkyl halides is 3. The Morgan fingerprint density at radius 1 is 1.26 bits per heavy atom. The lowest BCUT2D eigenvalue weighted by atomic mass is 9.77. The Kier molecular flexibility index (Phi) is 6.03. The second kappa shape index (κ2) is 8.43. The number of aliphatic hydroxyl groups is 2. The highest BCUT2D eigenvalue weighted by Gasteiger charge is 2.65. The van der Waals surface area contributed by atoms with Gasteiger partial charge in [-0.3, -0.25) is 4.98 Å². The highest BCUT2D eigenvalue weighted by molar-refractivity contribution is 5.77. The minimum Gasteiger partial charge on any atom is -0.493 e. The predicted octanol–water partition coefficient (Wildman–Crippen LogP) is 4.08. The highest BCUT2D eigenvalue weighted by Crippen LogP contribution is 2.59. The number of aromatic nitrogens is 3. The van der Waals surface area contributed by atoms with Crippen molar-refractivity contribution < 1.29 is 41.6 Å². The van der Waals surface area contributed by atoms with Gasteiger partial charge >= 0.3 is 6.18 Å². The van der Waals surface area contributed by atoms with E-state index in [0.29, 0.717) is 5.52 Å². The average Bonchev–Trinajstić information content (AvgIpc) is 3.34. The fourth-order valence-electron chi connectivity index (χ4n) is 4.49. The van der Waals surface area contributed by atoms with Gasteiger partial charge in [0.1, 0.15) is 23.5 Å². The zero-order valence-electron chi connectivity index (χ0n) is 18.3. The number of halogens is 5. The molecule has 34 heavy (non-hydrogen) atoms. The summed E-state index contributed by atoms with van der Waals surface area (Å²) in [5.74, 6) is -5.49. The number of rotatable bonds is 5. The van der Waals surface area contributed by atoms with E-state index in [9.17, 15) is 32.2 Å². The number of imidazole rings is 1. The van der Waals surface area contributed by atoms with Crippen LogP contribution in [0, 0.1) is 17.6 Å². The molecule has 1 fully saturated rings. The Labute approximate surface area is 190 Å². The van der Waals surface area contributed by atoms with Crippen LogP contribution in [-0.4, -0.2) is 50.7 Å². The molecule has 12 heteroatoms. The van der Waals surface area contributed by atoms with Gasteiger partial charge in [-0.1, -0.05) is 13.0 Å². The van der Waals surface area contributed by atoms with Gasteiger partial charge in [0.2, 0.25) is 5.82 Å². The van der Waals surface area contributed by atoms with Crippen molar-refractivity contribution in [2.24, 2.45) is 5.92 Å². The fraction of sp³-hybridized carbons (Fsp3) is 0.455. The van der Waals surface area contributed by atoms with Gasteiger partial charge in [-0.05, 0) is 19.1 Å². The summed E-state index contributed by atoms with van der Waals surface area (Å²) < 4.78 is 81.3. The maximum absolute atomic E-state index is 14.5. The number of methoxy groups -OCH3 is 1. The Hall–Kier alpha value is -2.83. The highest BCUT2D eigenvalue weighted by atomic mass is 19.4. The summed E-state index contributed by atoms with van der Waals surface area (Å²) in [5, 5.41) is 19.3. The summed E-state index contributed by atoms with van der Waals surface area (Å²) in [6.07, 6.45) is -6.19. The molecule has 7 nitrogen and oxygen atoms in total. The molecule has 2 aromatic heterocycles. The summed E-state index contributed by atoms with van der Waals surface area (Å²) in [7, 11) is 1.09. The molecular formula is C22H22F5N3O4. The number of hydrogen-bond acceptors (Lipinski definition) is 6. The number of aliphatic hydroxyl groups excluding tert-OH is 2.